The van der Waals surface area contributed by atoms with E-state index in [1.807, 2.05) is 20.8 Å². The molecule has 100 valence electrons. The molecular weight excluding hydrogens is 216 g/mol. The third-order valence-electron chi connectivity index (χ3n) is 2.94. The van der Waals surface area contributed by atoms with E-state index in [1.54, 1.807) is 0 Å². The summed E-state index contributed by atoms with van der Waals surface area (Å²) >= 11 is 0. The van der Waals surface area contributed by atoms with Crippen molar-refractivity contribution in [2.45, 2.75) is 45.6 Å². The summed E-state index contributed by atoms with van der Waals surface area (Å²) in [5.41, 5.74) is -0.408. The smallest absolute Gasteiger partial charge is 0.407 e. The summed E-state index contributed by atoms with van der Waals surface area (Å²) in [4.78, 5) is 13.8. The molecule has 1 aliphatic rings. The monoisotopic (exact) mass is 242 g/mol. The second-order valence-electron chi connectivity index (χ2n) is 5.99. The van der Waals surface area contributed by atoms with Crippen LogP contribution in [0.15, 0.2) is 0 Å². The van der Waals surface area contributed by atoms with Crippen LogP contribution in [0.3, 0.4) is 0 Å². The zero-order chi connectivity index (χ0) is 12.9. The van der Waals surface area contributed by atoms with Crippen molar-refractivity contribution in [2.24, 2.45) is 5.92 Å². The fourth-order valence-corrected chi connectivity index (χ4v) is 2.20. The largest absolute Gasteiger partial charge is 0.444 e. The summed E-state index contributed by atoms with van der Waals surface area (Å²) < 4.78 is 5.19. The van der Waals surface area contributed by atoms with E-state index in [-0.39, 0.29) is 6.09 Å². The van der Waals surface area contributed by atoms with Crippen LogP contribution in [0, 0.1) is 5.92 Å². The number of amides is 1. The predicted octanol–water partition coefficient (Wildman–Crippen LogP) is 2.24. The minimum absolute atomic E-state index is 0.304. The average molecular weight is 242 g/mol. The molecule has 0 bridgehead atoms. The van der Waals surface area contributed by atoms with Gasteiger partial charge in [-0.2, -0.15) is 0 Å². The van der Waals surface area contributed by atoms with E-state index < -0.39 is 5.60 Å². The second-order valence-corrected chi connectivity index (χ2v) is 5.99. The Morgan fingerprint density at radius 3 is 2.76 bits per heavy atom. The molecule has 0 spiro atoms. The van der Waals surface area contributed by atoms with E-state index in [1.165, 1.54) is 19.4 Å². The topological polar surface area (TPSA) is 41.6 Å². The predicted molar refractivity (Wildman–Crippen MR) is 69.1 cm³/mol. The van der Waals surface area contributed by atoms with Gasteiger partial charge >= 0.3 is 6.09 Å². The Bertz CT molecular complexity index is 248. The van der Waals surface area contributed by atoms with E-state index >= 15 is 0 Å². The minimum Gasteiger partial charge on any atom is -0.444 e. The number of carbonyl (C=O) groups excluding carboxylic acids is 1. The molecule has 0 aromatic heterocycles. The quantitative estimate of drug-likeness (QED) is 0.825. The van der Waals surface area contributed by atoms with Crippen LogP contribution in [0.4, 0.5) is 4.79 Å². The first-order chi connectivity index (χ1) is 7.87. The molecule has 1 fully saturated rings. The molecule has 0 aliphatic carbocycles. The normalized spacial score (nSPS) is 22.2. The SMILES string of the molecule is CN1CCCC(CCNC(=O)OC(C)(C)C)C1. The summed E-state index contributed by atoms with van der Waals surface area (Å²) in [7, 11) is 2.16. The van der Waals surface area contributed by atoms with Crippen molar-refractivity contribution in [3.8, 4) is 0 Å². The highest BCUT2D eigenvalue weighted by Gasteiger charge is 2.18. The van der Waals surface area contributed by atoms with Crippen molar-refractivity contribution in [2.75, 3.05) is 26.7 Å². The lowest BCUT2D eigenvalue weighted by atomic mass is 9.95. The number of carbonyl (C=O) groups is 1. The second kappa shape index (κ2) is 6.24. The number of ether oxygens (including phenoxy) is 1. The molecule has 1 heterocycles. The molecular formula is C13H26N2O2. The molecule has 0 saturated carbocycles. The van der Waals surface area contributed by atoms with E-state index in [9.17, 15) is 4.79 Å². The molecule has 1 aliphatic heterocycles. The number of nitrogens with one attached hydrogen (secondary N) is 1. The third kappa shape index (κ3) is 6.51. The highest BCUT2D eigenvalue weighted by atomic mass is 16.6. The van der Waals surface area contributed by atoms with Gasteiger partial charge in [0.25, 0.3) is 0 Å². The summed E-state index contributed by atoms with van der Waals surface area (Å²) in [5, 5.41) is 2.82. The molecule has 4 nitrogen and oxygen atoms in total. The van der Waals surface area contributed by atoms with Gasteiger partial charge in [-0.05, 0) is 59.5 Å². The van der Waals surface area contributed by atoms with Crippen molar-refractivity contribution < 1.29 is 9.53 Å². The first kappa shape index (κ1) is 14.3. The molecule has 0 radical (unpaired) electrons. The Labute approximate surface area is 105 Å². The maximum atomic E-state index is 11.4. The summed E-state index contributed by atoms with van der Waals surface area (Å²) in [6.45, 7) is 8.70. The summed E-state index contributed by atoms with van der Waals surface area (Å²) in [6.07, 6.45) is 3.29. The molecule has 17 heavy (non-hydrogen) atoms. The number of rotatable bonds is 3. The maximum absolute atomic E-state index is 11.4. The van der Waals surface area contributed by atoms with Crippen LogP contribution in [0.2, 0.25) is 0 Å². The number of nitrogens with zero attached hydrogens (tertiary/aromatic N) is 1. The minimum atomic E-state index is -0.408. The lowest BCUT2D eigenvalue weighted by molar-refractivity contribution is 0.0522. The fraction of sp³-hybridized carbons (Fsp3) is 0.923. The molecule has 1 N–H and O–H groups in total. The molecule has 1 rings (SSSR count). The number of piperidine rings is 1. The number of hydrogen-bond donors (Lipinski definition) is 1. The lowest BCUT2D eigenvalue weighted by Crippen LogP contribution is -2.36. The Hall–Kier alpha value is -0.770. The van der Waals surface area contributed by atoms with Crippen molar-refractivity contribution in [3.63, 3.8) is 0 Å². The first-order valence-corrected chi connectivity index (χ1v) is 6.52. The van der Waals surface area contributed by atoms with Gasteiger partial charge in [0, 0.05) is 13.1 Å². The van der Waals surface area contributed by atoms with E-state index in [0.717, 1.165) is 13.0 Å². The standard InChI is InChI=1S/C13H26N2O2/c1-13(2,3)17-12(16)14-8-7-11-6-5-9-15(4)10-11/h11H,5-10H2,1-4H3,(H,14,16). The number of likely N-dealkylation sites (tertiary alicyclic amines) is 1. The molecule has 1 unspecified atom stereocenters. The van der Waals surface area contributed by atoms with E-state index in [0.29, 0.717) is 12.5 Å². The highest BCUT2D eigenvalue weighted by Crippen LogP contribution is 2.17. The van der Waals surface area contributed by atoms with Gasteiger partial charge in [-0.25, -0.2) is 4.79 Å². The van der Waals surface area contributed by atoms with Crippen molar-refractivity contribution in [3.05, 3.63) is 0 Å². The Kier molecular flexibility index (Phi) is 5.25. The van der Waals surface area contributed by atoms with Crippen LogP contribution < -0.4 is 5.32 Å². The fourth-order valence-electron chi connectivity index (χ4n) is 2.20. The number of alkyl carbamates (subject to hydrolysis) is 1. The Balaban J connectivity index is 2.13. The number of hydrogen-bond acceptors (Lipinski definition) is 3. The van der Waals surface area contributed by atoms with Crippen molar-refractivity contribution in [1.29, 1.82) is 0 Å². The van der Waals surface area contributed by atoms with Gasteiger partial charge in [-0.1, -0.05) is 0 Å². The van der Waals surface area contributed by atoms with E-state index in [4.69, 9.17) is 4.74 Å². The summed E-state index contributed by atoms with van der Waals surface area (Å²) in [6, 6.07) is 0. The van der Waals surface area contributed by atoms with Gasteiger partial charge < -0.3 is 15.0 Å². The van der Waals surface area contributed by atoms with Gasteiger partial charge in [-0.3, -0.25) is 0 Å². The molecule has 1 saturated heterocycles. The van der Waals surface area contributed by atoms with Gasteiger partial charge in [0.15, 0.2) is 0 Å². The van der Waals surface area contributed by atoms with Gasteiger partial charge in [0.1, 0.15) is 5.60 Å². The molecule has 1 atom stereocenters. The molecule has 0 aromatic rings. The van der Waals surface area contributed by atoms with Gasteiger partial charge in [0.05, 0.1) is 0 Å². The highest BCUT2D eigenvalue weighted by molar-refractivity contribution is 5.67. The van der Waals surface area contributed by atoms with Crippen LogP contribution in [0.5, 0.6) is 0 Å². The van der Waals surface area contributed by atoms with Crippen LogP contribution in [-0.4, -0.2) is 43.3 Å². The third-order valence-corrected chi connectivity index (χ3v) is 2.94. The maximum Gasteiger partial charge on any atom is 0.407 e. The van der Waals surface area contributed by atoms with Crippen LogP contribution in [0.1, 0.15) is 40.0 Å². The summed E-state index contributed by atoms with van der Waals surface area (Å²) in [5.74, 6) is 0.712. The van der Waals surface area contributed by atoms with Gasteiger partial charge in [0.2, 0.25) is 0 Å². The van der Waals surface area contributed by atoms with Crippen LogP contribution in [0.25, 0.3) is 0 Å². The first-order valence-electron chi connectivity index (χ1n) is 6.52. The Morgan fingerprint density at radius 1 is 1.47 bits per heavy atom. The molecule has 4 heteroatoms. The molecule has 1 amide bonds. The van der Waals surface area contributed by atoms with Gasteiger partial charge in [-0.15, -0.1) is 0 Å². The van der Waals surface area contributed by atoms with Crippen LogP contribution >= 0.6 is 0 Å². The zero-order valence-electron chi connectivity index (χ0n) is 11.6. The van der Waals surface area contributed by atoms with Crippen molar-refractivity contribution in [1.82, 2.24) is 10.2 Å². The van der Waals surface area contributed by atoms with E-state index in [2.05, 4.69) is 17.3 Å². The van der Waals surface area contributed by atoms with Crippen LogP contribution in [-0.2, 0) is 4.74 Å². The lowest BCUT2D eigenvalue weighted by Gasteiger charge is -2.29. The average Bonchev–Trinajstić information content (AvgIpc) is 2.14. The zero-order valence-corrected chi connectivity index (χ0v) is 11.6. The Morgan fingerprint density at radius 2 is 2.18 bits per heavy atom. The molecule has 0 aromatic carbocycles. The van der Waals surface area contributed by atoms with Crippen molar-refractivity contribution >= 4 is 6.09 Å².